The summed E-state index contributed by atoms with van der Waals surface area (Å²) in [5, 5.41) is 21.9. The maximum atomic E-state index is 11.1. The van der Waals surface area contributed by atoms with Crippen LogP contribution in [0.5, 0.6) is 0 Å². The van der Waals surface area contributed by atoms with Crippen molar-refractivity contribution in [2.24, 2.45) is 5.92 Å². The molecule has 0 spiro atoms. The van der Waals surface area contributed by atoms with Crippen LogP contribution in [0.15, 0.2) is 23.0 Å². The Morgan fingerprint density at radius 2 is 2.05 bits per heavy atom. The van der Waals surface area contributed by atoms with Gasteiger partial charge in [-0.2, -0.15) is 0 Å². The SMILES string of the molecule is CC(=O)SCC1=C([N+](=O)[O-])CC(COC(=O)Cl)C=C1[N+](=O)[O-]. The summed E-state index contributed by atoms with van der Waals surface area (Å²) < 4.78 is 4.53. The second kappa shape index (κ2) is 7.90. The Morgan fingerprint density at radius 1 is 1.41 bits per heavy atom. The van der Waals surface area contributed by atoms with E-state index >= 15 is 0 Å². The Kier molecular flexibility index (Phi) is 6.50. The first-order valence-corrected chi connectivity index (χ1v) is 7.27. The molecule has 0 aromatic rings. The molecule has 0 bridgehead atoms. The number of rotatable bonds is 6. The van der Waals surface area contributed by atoms with Crippen molar-refractivity contribution in [1.82, 2.24) is 0 Å². The molecule has 1 aliphatic carbocycles. The molecular weight excluding hydrogens is 340 g/mol. The molecule has 1 unspecified atom stereocenters. The highest BCUT2D eigenvalue weighted by atomic mass is 35.5. The summed E-state index contributed by atoms with van der Waals surface area (Å²) in [5.41, 5.74) is -2.02. The summed E-state index contributed by atoms with van der Waals surface area (Å²) in [4.78, 5) is 42.3. The molecular formula is C11H11ClN2O7S. The summed E-state index contributed by atoms with van der Waals surface area (Å²) in [7, 11) is 0. The zero-order valence-electron chi connectivity index (χ0n) is 11.3. The lowest BCUT2D eigenvalue weighted by Gasteiger charge is -2.17. The predicted octanol–water partition coefficient (Wildman–Crippen LogP) is 2.35. The normalized spacial score (nSPS) is 17.7. The molecule has 1 atom stereocenters. The van der Waals surface area contributed by atoms with Gasteiger partial charge in [0.15, 0.2) is 5.12 Å². The average Bonchev–Trinajstić information content (AvgIpc) is 2.41. The van der Waals surface area contributed by atoms with Crippen molar-refractivity contribution in [2.45, 2.75) is 13.3 Å². The van der Waals surface area contributed by atoms with Gasteiger partial charge in [0.25, 0.3) is 11.4 Å². The number of nitrogens with zero attached hydrogens (tertiary/aromatic N) is 2. The minimum Gasteiger partial charge on any atom is -0.453 e. The van der Waals surface area contributed by atoms with Gasteiger partial charge in [-0.3, -0.25) is 25.0 Å². The largest absolute Gasteiger partial charge is 0.453 e. The zero-order chi connectivity index (χ0) is 16.9. The fraction of sp³-hybridized carbons (Fsp3) is 0.455. The van der Waals surface area contributed by atoms with Gasteiger partial charge in [-0.05, 0) is 0 Å². The number of carbonyl (C=O) groups excluding carboxylic acids is 2. The second-order valence-electron chi connectivity index (χ2n) is 4.28. The Balaban J connectivity index is 3.11. The number of thioether (sulfide) groups is 1. The van der Waals surface area contributed by atoms with Gasteiger partial charge < -0.3 is 4.74 Å². The van der Waals surface area contributed by atoms with Crippen LogP contribution in [-0.4, -0.2) is 32.8 Å². The van der Waals surface area contributed by atoms with Gasteiger partial charge in [0.05, 0.1) is 16.5 Å². The summed E-state index contributed by atoms with van der Waals surface area (Å²) in [6.07, 6.45) is 1.03. The maximum absolute atomic E-state index is 11.1. The third-order valence-corrected chi connectivity index (χ3v) is 3.70. The van der Waals surface area contributed by atoms with Crippen LogP contribution in [0, 0.1) is 26.1 Å². The van der Waals surface area contributed by atoms with Gasteiger partial charge >= 0.3 is 5.43 Å². The summed E-state index contributed by atoms with van der Waals surface area (Å²) in [6, 6.07) is 0. The van der Waals surface area contributed by atoms with E-state index in [4.69, 9.17) is 11.6 Å². The number of carbonyl (C=O) groups is 2. The van der Waals surface area contributed by atoms with E-state index in [9.17, 15) is 29.8 Å². The van der Waals surface area contributed by atoms with Crippen molar-refractivity contribution in [2.75, 3.05) is 12.4 Å². The number of allylic oxidation sites excluding steroid dienone is 2. The van der Waals surface area contributed by atoms with E-state index in [1.165, 1.54) is 13.0 Å². The van der Waals surface area contributed by atoms with E-state index in [-0.39, 0.29) is 35.2 Å². The fourth-order valence-electron chi connectivity index (χ4n) is 1.87. The maximum Gasteiger partial charge on any atom is 0.403 e. The molecule has 0 aromatic carbocycles. The van der Waals surface area contributed by atoms with Crippen LogP contribution in [-0.2, 0) is 9.53 Å². The highest BCUT2D eigenvalue weighted by Crippen LogP contribution is 2.32. The molecule has 9 nitrogen and oxygen atoms in total. The number of nitro groups is 2. The Hall–Kier alpha value is -1.94. The third-order valence-electron chi connectivity index (χ3n) is 2.75. The molecule has 11 heteroatoms. The first-order valence-electron chi connectivity index (χ1n) is 5.91. The fourth-order valence-corrected chi connectivity index (χ4v) is 2.59. The number of ether oxygens (including phenoxy) is 1. The molecule has 0 heterocycles. The lowest BCUT2D eigenvalue weighted by molar-refractivity contribution is -0.441. The molecule has 1 rings (SSSR count). The second-order valence-corrected chi connectivity index (χ2v) is 5.75. The van der Waals surface area contributed by atoms with Crippen molar-refractivity contribution >= 4 is 33.9 Å². The molecule has 1 aliphatic rings. The first kappa shape index (κ1) is 18.1. The van der Waals surface area contributed by atoms with Crippen LogP contribution in [0.3, 0.4) is 0 Å². The molecule has 0 saturated heterocycles. The quantitative estimate of drug-likeness (QED) is 0.405. The van der Waals surface area contributed by atoms with Crippen molar-refractivity contribution in [3.8, 4) is 0 Å². The summed E-state index contributed by atoms with van der Waals surface area (Å²) in [5.74, 6) is -0.893. The van der Waals surface area contributed by atoms with E-state index < -0.39 is 26.9 Å². The number of hydrogen-bond acceptors (Lipinski definition) is 8. The van der Waals surface area contributed by atoms with E-state index in [2.05, 4.69) is 4.74 Å². The Bertz CT molecular complexity index is 587. The van der Waals surface area contributed by atoms with Gasteiger partial charge in [-0.15, -0.1) is 0 Å². The van der Waals surface area contributed by atoms with Crippen molar-refractivity contribution in [1.29, 1.82) is 0 Å². The van der Waals surface area contributed by atoms with Gasteiger partial charge in [-0.1, -0.05) is 11.8 Å². The summed E-state index contributed by atoms with van der Waals surface area (Å²) >= 11 is 5.75. The molecule has 0 saturated carbocycles. The number of hydrogen-bond donors (Lipinski definition) is 0. The van der Waals surface area contributed by atoms with Crippen molar-refractivity contribution in [3.63, 3.8) is 0 Å². The minimum atomic E-state index is -1.10. The van der Waals surface area contributed by atoms with Crippen molar-refractivity contribution < 1.29 is 24.2 Å². The van der Waals surface area contributed by atoms with Crippen LogP contribution in [0.2, 0.25) is 0 Å². The molecule has 120 valence electrons. The van der Waals surface area contributed by atoms with Gasteiger partial charge in [0.2, 0.25) is 0 Å². The van der Waals surface area contributed by atoms with E-state index in [1.54, 1.807) is 0 Å². The molecule has 22 heavy (non-hydrogen) atoms. The number of halogens is 1. The zero-order valence-corrected chi connectivity index (χ0v) is 12.9. The molecule has 0 amide bonds. The highest BCUT2D eigenvalue weighted by Gasteiger charge is 2.36. The molecule has 0 aromatic heterocycles. The monoisotopic (exact) mass is 350 g/mol. The highest BCUT2D eigenvalue weighted by molar-refractivity contribution is 8.13. The predicted molar refractivity (Wildman–Crippen MR) is 77.5 cm³/mol. The van der Waals surface area contributed by atoms with Crippen LogP contribution in [0.1, 0.15) is 13.3 Å². The van der Waals surface area contributed by atoms with Crippen LogP contribution in [0.25, 0.3) is 0 Å². The standard InChI is InChI=1S/C11H11ClN2O7S/c1-6(15)22-5-8-9(13(17)18)2-7(4-21-11(12)16)3-10(8)14(19)20/h2,7H,3-5H2,1H3. The molecule has 0 radical (unpaired) electrons. The Labute approximate surface area is 133 Å². The first-order chi connectivity index (χ1) is 10.2. The Morgan fingerprint density at radius 3 is 2.50 bits per heavy atom. The van der Waals surface area contributed by atoms with Crippen LogP contribution in [0.4, 0.5) is 4.79 Å². The van der Waals surface area contributed by atoms with E-state index in [1.807, 2.05) is 0 Å². The van der Waals surface area contributed by atoms with Crippen molar-refractivity contribution in [3.05, 3.63) is 43.3 Å². The lowest BCUT2D eigenvalue weighted by Crippen LogP contribution is -2.22. The smallest absolute Gasteiger partial charge is 0.403 e. The van der Waals surface area contributed by atoms with Gasteiger partial charge in [0.1, 0.15) is 5.57 Å². The lowest BCUT2D eigenvalue weighted by atomic mass is 9.92. The van der Waals surface area contributed by atoms with Gasteiger partial charge in [-0.25, -0.2) is 4.79 Å². The average molecular weight is 351 g/mol. The van der Waals surface area contributed by atoms with Crippen LogP contribution >= 0.6 is 23.4 Å². The molecule has 0 N–H and O–H groups in total. The van der Waals surface area contributed by atoms with Crippen LogP contribution < -0.4 is 0 Å². The molecule has 0 aliphatic heterocycles. The third kappa shape index (κ3) is 5.11. The topological polar surface area (TPSA) is 130 Å². The van der Waals surface area contributed by atoms with E-state index in [0.29, 0.717) is 0 Å². The molecule has 0 fully saturated rings. The van der Waals surface area contributed by atoms with E-state index in [0.717, 1.165) is 11.8 Å². The minimum absolute atomic E-state index is 0.108. The van der Waals surface area contributed by atoms with Gasteiger partial charge in [0, 0.05) is 42.7 Å². The summed E-state index contributed by atoms with van der Waals surface area (Å²) in [6.45, 7) is 0.961.